The van der Waals surface area contributed by atoms with Gasteiger partial charge in [0, 0.05) is 38.3 Å². The summed E-state index contributed by atoms with van der Waals surface area (Å²) in [6.45, 7) is 5.32. The van der Waals surface area contributed by atoms with Crippen LogP contribution in [-0.4, -0.2) is 60.2 Å². The fourth-order valence-electron chi connectivity index (χ4n) is 2.59. The summed E-state index contributed by atoms with van der Waals surface area (Å²) in [5, 5.41) is 2.87. The number of hydrogen-bond donors (Lipinski definition) is 2. The van der Waals surface area contributed by atoms with Crippen molar-refractivity contribution in [3.8, 4) is 0 Å². The number of morpholine rings is 1. The van der Waals surface area contributed by atoms with E-state index in [1.165, 1.54) is 0 Å². The Morgan fingerprint density at radius 3 is 3.00 bits per heavy atom. The van der Waals surface area contributed by atoms with Crippen LogP contribution < -0.4 is 5.32 Å². The van der Waals surface area contributed by atoms with E-state index in [1.54, 1.807) is 0 Å². The number of H-pyrrole nitrogens is 1. The van der Waals surface area contributed by atoms with Crippen molar-refractivity contribution >= 4 is 5.91 Å². The largest absolute Gasteiger partial charge is 0.379 e. The molecule has 1 fully saturated rings. The molecule has 6 heteroatoms. The number of aromatic nitrogens is 2. The number of fused-ring (bicyclic) bond motifs is 1. The Kier molecular flexibility index (Phi) is 3.79. The number of aromatic amines is 1. The molecule has 2 aliphatic rings. The van der Waals surface area contributed by atoms with Crippen LogP contribution in [0.2, 0.25) is 0 Å². The molecule has 6 nitrogen and oxygen atoms in total. The van der Waals surface area contributed by atoms with Gasteiger partial charge < -0.3 is 15.0 Å². The summed E-state index contributed by atoms with van der Waals surface area (Å²) in [5.41, 5.74) is 1.58. The lowest BCUT2D eigenvalue weighted by atomic mass is 10.2. The van der Waals surface area contributed by atoms with E-state index in [-0.39, 0.29) is 5.91 Å². The second-order valence-electron chi connectivity index (χ2n) is 5.07. The quantitative estimate of drug-likeness (QED) is 0.804. The predicted octanol–water partition coefficient (Wildman–Crippen LogP) is -0.0396. The first kappa shape index (κ1) is 12.6. The fraction of sp³-hybridized carbons (Fsp3) is 0.692. The Labute approximate surface area is 112 Å². The zero-order chi connectivity index (χ0) is 13.1. The zero-order valence-electron chi connectivity index (χ0n) is 11.1. The number of carbonyl (C=O) groups is 1. The van der Waals surface area contributed by atoms with Gasteiger partial charge in [-0.25, -0.2) is 4.98 Å². The smallest absolute Gasteiger partial charge is 0.271 e. The lowest BCUT2D eigenvalue weighted by Gasteiger charge is -2.26. The van der Waals surface area contributed by atoms with Gasteiger partial charge in [0.25, 0.3) is 5.91 Å². The van der Waals surface area contributed by atoms with Crippen molar-refractivity contribution < 1.29 is 9.53 Å². The molecule has 2 aliphatic heterocycles. The maximum atomic E-state index is 11.8. The van der Waals surface area contributed by atoms with Gasteiger partial charge in [-0.2, -0.15) is 0 Å². The van der Waals surface area contributed by atoms with E-state index >= 15 is 0 Å². The molecule has 19 heavy (non-hydrogen) atoms. The second-order valence-corrected chi connectivity index (χ2v) is 5.07. The van der Waals surface area contributed by atoms with Gasteiger partial charge in [-0.05, 0) is 12.8 Å². The van der Waals surface area contributed by atoms with Crippen molar-refractivity contribution in [2.24, 2.45) is 0 Å². The Morgan fingerprint density at radius 2 is 2.16 bits per heavy atom. The van der Waals surface area contributed by atoms with E-state index in [0.717, 1.165) is 70.2 Å². The minimum absolute atomic E-state index is 0.0404. The first-order valence-electron chi connectivity index (χ1n) is 6.99. The zero-order valence-corrected chi connectivity index (χ0v) is 11.1. The van der Waals surface area contributed by atoms with E-state index in [0.29, 0.717) is 5.69 Å². The Morgan fingerprint density at radius 1 is 1.32 bits per heavy atom. The SMILES string of the molecule is O=C1NCCCc2[nH]c(CCN3CCOCC3)nc21. The van der Waals surface area contributed by atoms with Gasteiger partial charge in [-0.15, -0.1) is 0 Å². The summed E-state index contributed by atoms with van der Waals surface area (Å²) in [6.07, 6.45) is 2.74. The number of ether oxygens (including phenoxy) is 1. The van der Waals surface area contributed by atoms with Crippen LogP contribution in [0.3, 0.4) is 0 Å². The van der Waals surface area contributed by atoms with E-state index in [4.69, 9.17) is 4.74 Å². The number of carbonyl (C=O) groups excluding carboxylic acids is 1. The molecule has 1 aromatic heterocycles. The molecule has 0 spiro atoms. The number of nitrogens with one attached hydrogen (secondary N) is 2. The first-order chi connectivity index (χ1) is 9.33. The normalized spacial score (nSPS) is 20.7. The molecule has 2 N–H and O–H groups in total. The minimum atomic E-state index is -0.0404. The number of aryl methyl sites for hydroxylation is 1. The molecule has 1 saturated heterocycles. The molecule has 104 valence electrons. The summed E-state index contributed by atoms with van der Waals surface area (Å²) < 4.78 is 5.33. The summed E-state index contributed by atoms with van der Waals surface area (Å²) in [5.74, 6) is 0.884. The molecule has 1 amide bonds. The highest BCUT2D eigenvalue weighted by Gasteiger charge is 2.20. The van der Waals surface area contributed by atoms with Crippen LogP contribution >= 0.6 is 0 Å². The summed E-state index contributed by atoms with van der Waals surface area (Å²) in [6, 6.07) is 0. The molecule has 0 unspecified atom stereocenters. The molecule has 0 aromatic carbocycles. The third-order valence-corrected chi connectivity index (χ3v) is 3.70. The van der Waals surface area contributed by atoms with E-state index < -0.39 is 0 Å². The van der Waals surface area contributed by atoms with Crippen molar-refractivity contribution in [1.29, 1.82) is 0 Å². The standard InChI is InChI=1S/C13H20N4O2/c18-13-12-10(2-1-4-14-13)15-11(16-12)3-5-17-6-8-19-9-7-17/h1-9H2,(H,14,18)(H,15,16). The molecule has 0 radical (unpaired) electrons. The van der Waals surface area contributed by atoms with Crippen LogP contribution in [0.25, 0.3) is 0 Å². The maximum absolute atomic E-state index is 11.8. The van der Waals surface area contributed by atoms with Crippen molar-refractivity contribution in [2.45, 2.75) is 19.3 Å². The van der Waals surface area contributed by atoms with Crippen molar-refractivity contribution in [3.63, 3.8) is 0 Å². The highest BCUT2D eigenvalue weighted by molar-refractivity contribution is 5.93. The molecule has 3 heterocycles. The van der Waals surface area contributed by atoms with Crippen LogP contribution in [-0.2, 0) is 17.6 Å². The van der Waals surface area contributed by atoms with Crippen molar-refractivity contribution in [1.82, 2.24) is 20.2 Å². The Hall–Kier alpha value is -1.40. The summed E-state index contributed by atoms with van der Waals surface area (Å²) in [7, 11) is 0. The number of nitrogens with zero attached hydrogens (tertiary/aromatic N) is 2. The number of hydrogen-bond acceptors (Lipinski definition) is 4. The molecular weight excluding hydrogens is 244 g/mol. The van der Waals surface area contributed by atoms with Crippen LogP contribution in [0.1, 0.15) is 28.4 Å². The first-order valence-corrected chi connectivity index (χ1v) is 6.99. The molecule has 0 saturated carbocycles. The third kappa shape index (κ3) is 2.96. The minimum Gasteiger partial charge on any atom is -0.379 e. The van der Waals surface area contributed by atoms with Crippen molar-refractivity contribution in [2.75, 3.05) is 39.4 Å². The van der Waals surface area contributed by atoms with Gasteiger partial charge in [-0.3, -0.25) is 9.69 Å². The molecule has 1 aromatic rings. The van der Waals surface area contributed by atoms with Gasteiger partial charge in [-0.1, -0.05) is 0 Å². The lowest BCUT2D eigenvalue weighted by Crippen LogP contribution is -2.37. The van der Waals surface area contributed by atoms with Crippen LogP contribution in [0.5, 0.6) is 0 Å². The van der Waals surface area contributed by atoms with Crippen LogP contribution in [0.4, 0.5) is 0 Å². The van der Waals surface area contributed by atoms with E-state index in [1.807, 2.05) is 0 Å². The maximum Gasteiger partial charge on any atom is 0.271 e. The van der Waals surface area contributed by atoms with Gasteiger partial charge in [0.1, 0.15) is 11.5 Å². The van der Waals surface area contributed by atoms with Crippen LogP contribution in [0, 0.1) is 0 Å². The van der Waals surface area contributed by atoms with E-state index in [2.05, 4.69) is 20.2 Å². The summed E-state index contributed by atoms with van der Waals surface area (Å²) in [4.78, 5) is 21.9. The van der Waals surface area contributed by atoms with Crippen molar-refractivity contribution in [3.05, 3.63) is 17.2 Å². The number of imidazole rings is 1. The van der Waals surface area contributed by atoms with E-state index in [9.17, 15) is 4.79 Å². The molecule has 0 atom stereocenters. The molecular formula is C13H20N4O2. The average Bonchev–Trinajstić information content (AvgIpc) is 2.78. The highest BCUT2D eigenvalue weighted by Crippen LogP contribution is 2.12. The topological polar surface area (TPSA) is 70.2 Å². The third-order valence-electron chi connectivity index (χ3n) is 3.70. The Bertz CT molecular complexity index is 451. The molecule has 0 aliphatic carbocycles. The fourth-order valence-corrected chi connectivity index (χ4v) is 2.59. The monoisotopic (exact) mass is 264 g/mol. The van der Waals surface area contributed by atoms with Gasteiger partial charge in [0.15, 0.2) is 0 Å². The summed E-state index contributed by atoms with van der Waals surface area (Å²) >= 11 is 0. The van der Waals surface area contributed by atoms with Gasteiger partial charge in [0.05, 0.1) is 13.2 Å². The Balaban J connectivity index is 1.62. The van der Waals surface area contributed by atoms with Crippen LogP contribution in [0.15, 0.2) is 0 Å². The molecule has 3 rings (SSSR count). The molecule has 0 bridgehead atoms. The van der Waals surface area contributed by atoms with Gasteiger partial charge >= 0.3 is 0 Å². The second kappa shape index (κ2) is 5.71. The predicted molar refractivity (Wildman–Crippen MR) is 70.2 cm³/mol. The average molecular weight is 264 g/mol. The number of rotatable bonds is 3. The highest BCUT2D eigenvalue weighted by atomic mass is 16.5. The lowest BCUT2D eigenvalue weighted by molar-refractivity contribution is 0.0382. The number of amides is 1. The van der Waals surface area contributed by atoms with Gasteiger partial charge in [0.2, 0.25) is 0 Å².